The molecule has 0 saturated carbocycles. The van der Waals surface area contributed by atoms with Crippen molar-refractivity contribution in [2.24, 2.45) is 0 Å². The Hall–Kier alpha value is -4.25. The third kappa shape index (κ3) is 3.24. The van der Waals surface area contributed by atoms with Crippen LogP contribution in [-0.4, -0.2) is 36.1 Å². The molecule has 0 atom stereocenters. The van der Waals surface area contributed by atoms with Gasteiger partial charge in [-0.1, -0.05) is 17.7 Å². The van der Waals surface area contributed by atoms with Crippen molar-refractivity contribution in [3.05, 3.63) is 63.6 Å². The topological polar surface area (TPSA) is 102 Å². The normalized spacial score (nSPS) is 10.8. The first-order chi connectivity index (χ1) is 15.4. The van der Waals surface area contributed by atoms with Gasteiger partial charge in [-0.25, -0.2) is 4.68 Å². The molecule has 4 rings (SSSR count). The van der Waals surface area contributed by atoms with Crippen molar-refractivity contribution in [2.75, 3.05) is 21.3 Å². The molecular weight excluding hydrogens is 408 g/mol. The second kappa shape index (κ2) is 8.12. The first kappa shape index (κ1) is 21.0. The van der Waals surface area contributed by atoms with Crippen LogP contribution in [0, 0.1) is 25.2 Å². The maximum absolute atomic E-state index is 12.9. The van der Waals surface area contributed by atoms with Crippen molar-refractivity contribution in [3.63, 3.8) is 0 Å². The van der Waals surface area contributed by atoms with Crippen LogP contribution in [0.4, 0.5) is 0 Å². The number of pyridine rings is 1. The van der Waals surface area contributed by atoms with E-state index in [0.717, 1.165) is 11.3 Å². The summed E-state index contributed by atoms with van der Waals surface area (Å²) in [6, 6.07) is 13.3. The number of methoxy groups -OCH3 is 3. The van der Waals surface area contributed by atoms with Crippen molar-refractivity contribution in [1.29, 1.82) is 5.26 Å². The van der Waals surface area contributed by atoms with Crippen LogP contribution in [0.3, 0.4) is 0 Å². The van der Waals surface area contributed by atoms with Crippen LogP contribution in [0.1, 0.15) is 16.8 Å². The van der Waals surface area contributed by atoms with Gasteiger partial charge >= 0.3 is 0 Å². The number of fused-ring (bicyclic) bond motifs is 1. The fourth-order valence-corrected chi connectivity index (χ4v) is 3.84. The largest absolute Gasteiger partial charge is 0.493 e. The second-order valence-corrected chi connectivity index (χ2v) is 7.29. The maximum Gasteiger partial charge on any atom is 0.268 e. The highest BCUT2D eigenvalue weighted by atomic mass is 16.5. The summed E-state index contributed by atoms with van der Waals surface area (Å²) in [6.45, 7) is 3.84. The van der Waals surface area contributed by atoms with Crippen molar-refractivity contribution in [1.82, 2.24) is 14.8 Å². The Morgan fingerprint density at radius 3 is 2.16 bits per heavy atom. The lowest BCUT2D eigenvalue weighted by Crippen LogP contribution is -2.13. The Morgan fingerprint density at radius 1 is 1.00 bits per heavy atom. The van der Waals surface area contributed by atoms with Gasteiger partial charge in [0.25, 0.3) is 5.56 Å². The summed E-state index contributed by atoms with van der Waals surface area (Å²) >= 11 is 0. The number of rotatable bonds is 5. The summed E-state index contributed by atoms with van der Waals surface area (Å²) in [5.74, 6) is 1.26. The number of aromatic amines is 1. The molecule has 0 aliphatic heterocycles. The molecule has 0 fully saturated rings. The number of aromatic nitrogens is 3. The molecule has 8 heteroatoms. The van der Waals surface area contributed by atoms with Gasteiger partial charge in [-0.2, -0.15) is 10.4 Å². The molecule has 0 radical (unpaired) electrons. The monoisotopic (exact) mass is 430 g/mol. The Kier molecular flexibility index (Phi) is 5.33. The van der Waals surface area contributed by atoms with Crippen molar-refractivity contribution in [2.45, 2.75) is 13.8 Å². The second-order valence-electron chi connectivity index (χ2n) is 7.29. The maximum atomic E-state index is 12.9. The predicted octanol–water partition coefficient (Wildman–Crippen LogP) is 3.90. The molecule has 0 unspecified atom stereocenters. The van der Waals surface area contributed by atoms with E-state index in [1.807, 2.05) is 44.2 Å². The number of hydrogen-bond donors (Lipinski definition) is 1. The molecule has 0 aliphatic carbocycles. The van der Waals surface area contributed by atoms with Crippen molar-refractivity contribution < 1.29 is 14.2 Å². The van der Waals surface area contributed by atoms with Crippen LogP contribution in [0.15, 0.2) is 41.2 Å². The van der Waals surface area contributed by atoms with Gasteiger partial charge < -0.3 is 19.2 Å². The molecule has 8 nitrogen and oxygen atoms in total. The van der Waals surface area contributed by atoms with Crippen LogP contribution in [-0.2, 0) is 0 Å². The highest BCUT2D eigenvalue weighted by Gasteiger charge is 2.23. The van der Waals surface area contributed by atoms with Crippen LogP contribution < -0.4 is 19.8 Å². The third-order valence-corrected chi connectivity index (χ3v) is 5.36. The summed E-state index contributed by atoms with van der Waals surface area (Å²) < 4.78 is 18.0. The number of aryl methyl sites for hydroxylation is 2. The average Bonchev–Trinajstić information content (AvgIpc) is 3.13. The number of benzene rings is 2. The SMILES string of the molecule is COc1cc(-c2c(C#N)c(=O)[nH]c3c2c(C)nn3-c2ccc(C)cc2)cc(OC)c1OC. The lowest BCUT2D eigenvalue weighted by atomic mass is 9.97. The van der Waals surface area contributed by atoms with Gasteiger partial charge in [0.05, 0.1) is 32.7 Å². The molecule has 2 heterocycles. The van der Waals surface area contributed by atoms with Crippen LogP contribution in [0.25, 0.3) is 27.8 Å². The third-order valence-electron chi connectivity index (χ3n) is 5.36. The quantitative estimate of drug-likeness (QED) is 0.515. The van der Waals surface area contributed by atoms with Gasteiger partial charge in [-0.05, 0) is 43.7 Å². The lowest BCUT2D eigenvalue weighted by Gasteiger charge is -2.15. The number of H-pyrrole nitrogens is 1. The van der Waals surface area contributed by atoms with E-state index in [2.05, 4.69) is 10.1 Å². The molecule has 2 aromatic heterocycles. The number of ether oxygens (including phenoxy) is 3. The van der Waals surface area contributed by atoms with Gasteiger partial charge in [-0.3, -0.25) is 4.79 Å². The molecule has 0 bridgehead atoms. The minimum absolute atomic E-state index is 0.0154. The van der Waals surface area contributed by atoms with Crippen LogP contribution in [0.2, 0.25) is 0 Å². The van der Waals surface area contributed by atoms with E-state index in [-0.39, 0.29) is 5.56 Å². The van der Waals surface area contributed by atoms with E-state index < -0.39 is 5.56 Å². The Labute approximate surface area is 184 Å². The number of nitriles is 1. The Bertz CT molecular complexity index is 1400. The number of hydrogen-bond acceptors (Lipinski definition) is 6. The highest BCUT2D eigenvalue weighted by Crippen LogP contribution is 2.43. The minimum Gasteiger partial charge on any atom is -0.493 e. The predicted molar refractivity (Wildman–Crippen MR) is 121 cm³/mol. The zero-order valence-electron chi connectivity index (χ0n) is 18.4. The van der Waals surface area contributed by atoms with E-state index in [1.165, 1.54) is 21.3 Å². The summed E-state index contributed by atoms with van der Waals surface area (Å²) in [4.78, 5) is 15.8. The minimum atomic E-state index is -0.503. The smallest absolute Gasteiger partial charge is 0.268 e. The molecular formula is C24H22N4O4. The molecule has 2 aromatic carbocycles. The van der Waals surface area contributed by atoms with Gasteiger partial charge in [0.2, 0.25) is 5.75 Å². The summed E-state index contributed by atoms with van der Waals surface area (Å²) in [6.07, 6.45) is 0. The summed E-state index contributed by atoms with van der Waals surface area (Å²) in [5, 5.41) is 15.2. The standard InChI is InChI=1S/C24H22N4O4/c1-13-6-8-16(9-7-13)28-23-20(14(2)27-28)21(17(12-25)24(29)26-23)15-10-18(30-3)22(32-5)19(11-15)31-4/h6-11H,1-5H3,(H,26,29). The van der Waals surface area contributed by atoms with Crippen LogP contribution >= 0.6 is 0 Å². The zero-order chi connectivity index (χ0) is 23.0. The number of nitrogens with zero attached hydrogens (tertiary/aromatic N) is 3. The molecule has 162 valence electrons. The van der Waals surface area contributed by atoms with E-state index in [1.54, 1.807) is 16.8 Å². The average molecular weight is 430 g/mol. The molecule has 0 aliphatic rings. The van der Waals surface area contributed by atoms with Gasteiger partial charge in [0, 0.05) is 10.9 Å². The fourth-order valence-electron chi connectivity index (χ4n) is 3.84. The fraction of sp³-hybridized carbons (Fsp3) is 0.208. The Morgan fingerprint density at radius 2 is 1.62 bits per heavy atom. The van der Waals surface area contributed by atoms with Gasteiger partial charge in [0.15, 0.2) is 11.5 Å². The zero-order valence-corrected chi connectivity index (χ0v) is 18.4. The molecule has 1 N–H and O–H groups in total. The van der Waals surface area contributed by atoms with Crippen molar-refractivity contribution in [3.8, 4) is 40.1 Å². The summed E-state index contributed by atoms with van der Waals surface area (Å²) in [5.41, 5.74) is 3.59. The molecule has 0 spiro atoms. The van der Waals surface area contributed by atoms with Gasteiger partial charge in [0.1, 0.15) is 17.3 Å². The molecule has 0 amide bonds. The molecule has 4 aromatic rings. The Balaban J connectivity index is 2.11. The summed E-state index contributed by atoms with van der Waals surface area (Å²) in [7, 11) is 4.54. The highest BCUT2D eigenvalue weighted by molar-refractivity contribution is 5.98. The van der Waals surface area contributed by atoms with E-state index in [0.29, 0.717) is 45.1 Å². The van der Waals surface area contributed by atoms with Gasteiger partial charge in [-0.15, -0.1) is 0 Å². The van der Waals surface area contributed by atoms with E-state index in [4.69, 9.17) is 14.2 Å². The van der Waals surface area contributed by atoms with Crippen LogP contribution in [0.5, 0.6) is 17.2 Å². The number of nitrogens with one attached hydrogen (secondary N) is 1. The molecule has 32 heavy (non-hydrogen) atoms. The first-order valence-electron chi connectivity index (χ1n) is 9.86. The van der Waals surface area contributed by atoms with E-state index >= 15 is 0 Å². The first-order valence-corrected chi connectivity index (χ1v) is 9.86. The van der Waals surface area contributed by atoms with E-state index in [9.17, 15) is 10.1 Å². The lowest BCUT2D eigenvalue weighted by molar-refractivity contribution is 0.324. The van der Waals surface area contributed by atoms with Crippen molar-refractivity contribution >= 4 is 11.0 Å². The molecule has 0 saturated heterocycles.